The summed E-state index contributed by atoms with van der Waals surface area (Å²) in [5.41, 5.74) is 6.65. The summed E-state index contributed by atoms with van der Waals surface area (Å²) in [5, 5.41) is 0.741. The average Bonchev–Trinajstić information content (AvgIpc) is 2.46. The standard InChI is InChI=1S/C17H21ClN2/c1-12(2)14-5-3-13(4-6-14)11-17(20-19)15-7-9-16(18)10-8-15/h3-10,12,17,20H,11,19H2,1-2H3. The average molecular weight is 289 g/mol. The number of nitrogens with one attached hydrogen (secondary N) is 1. The molecular weight excluding hydrogens is 268 g/mol. The number of rotatable bonds is 5. The van der Waals surface area contributed by atoms with E-state index in [0.29, 0.717) is 5.92 Å². The molecule has 2 aromatic carbocycles. The van der Waals surface area contributed by atoms with Crippen molar-refractivity contribution in [2.45, 2.75) is 32.2 Å². The summed E-state index contributed by atoms with van der Waals surface area (Å²) >= 11 is 5.92. The molecule has 1 unspecified atom stereocenters. The van der Waals surface area contributed by atoms with Gasteiger partial charge in [-0.2, -0.15) is 0 Å². The van der Waals surface area contributed by atoms with Crippen LogP contribution in [0.2, 0.25) is 5.02 Å². The molecule has 106 valence electrons. The Bertz CT molecular complexity index is 532. The summed E-state index contributed by atoms with van der Waals surface area (Å²) in [6, 6.07) is 16.6. The molecule has 0 aliphatic rings. The number of hydrazine groups is 1. The zero-order valence-corrected chi connectivity index (χ0v) is 12.7. The molecule has 0 spiro atoms. The lowest BCUT2D eigenvalue weighted by atomic mass is 9.96. The van der Waals surface area contributed by atoms with Crippen LogP contribution in [-0.2, 0) is 6.42 Å². The van der Waals surface area contributed by atoms with Gasteiger partial charge in [0.15, 0.2) is 0 Å². The Morgan fingerprint density at radius 1 is 0.950 bits per heavy atom. The van der Waals surface area contributed by atoms with Crippen LogP contribution in [0.3, 0.4) is 0 Å². The highest BCUT2D eigenvalue weighted by atomic mass is 35.5. The van der Waals surface area contributed by atoms with E-state index in [1.54, 1.807) is 0 Å². The summed E-state index contributed by atoms with van der Waals surface area (Å²) in [6.45, 7) is 4.40. The third kappa shape index (κ3) is 3.83. The van der Waals surface area contributed by atoms with E-state index in [9.17, 15) is 0 Å². The quantitative estimate of drug-likeness (QED) is 0.639. The minimum atomic E-state index is 0.0946. The molecule has 20 heavy (non-hydrogen) atoms. The second kappa shape index (κ2) is 6.89. The third-order valence-corrected chi connectivity index (χ3v) is 3.81. The van der Waals surface area contributed by atoms with Crippen molar-refractivity contribution >= 4 is 11.6 Å². The Balaban J connectivity index is 2.11. The van der Waals surface area contributed by atoms with Crippen LogP contribution >= 0.6 is 11.6 Å². The number of benzene rings is 2. The molecule has 1 atom stereocenters. The number of nitrogens with two attached hydrogens (primary N) is 1. The molecular formula is C17H21ClN2. The first kappa shape index (κ1) is 15.0. The highest BCUT2D eigenvalue weighted by Gasteiger charge is 2.10. The fraction of sp³-hybridized carbons (Fsp3) is 0.294. The van der Waals surface area contributed by atoms with Crippen LogP contribution in [0.1, 0.15) is 42.5 Å². The molecule has 0 saturated carbocycles. The van der Waals surface area contributed by atoms with Gasteiger partial charge < -0.3 is 0 Å². The predicted octanol–water partition coefficient (Wildman–Crippen LogP) is 4.21. The summed E-state index contributed by atoms with van der Waals surface area (Å²) < 4.78 is 0. The zero-order valence-electron chi connectivity index (χ0n) is 11.9. The summed E-state index contributed by atoms with van der Waals surface area (Å²) in [6.07, 6.45) is 0.858. The maximum Gasteiger partial charge on any atom is 0.0500 e. The molecule has 0 fully saturated rings. The van der Waals surface area contributed by atoms with Gasteiger partial charge in [-0.15, -0.1) is 0 Å². The summed E-state index contributed by atoms with van der Waals surface area (Å²) in [5.74, 6) is 6.24. The summed E-state index contributed by atoms with van der Waals surface area (Å²) in [4.78, 5) is 0. The zero-order chi connectivity index (χ0) is 14.5. The van der Waals surface area contributed by atoms with Gasteiger partial charge in [-0.05, 0) is 41.2 Å². The Labute approximate surface area is 125 Å². The third-order valence-electron chi connectivity index (χ3n) is 3.56. The van der Waals surface area contributed by atoms with Gasteiger partial charge >= 0.3 is 0 Å². The van der Waals surface area contributed by atoms with E-state index in [1.807, 2.05) is 24.3 Å². The van der Waals surface area contributed by atoms with Crippen LogP contribution in [0.15, 0.2) is 48.5 Å². The molecule has 0 radical (unpaired) electrons. The van der Waals surface area contributed by atoms with Crippen molar-refractivity contribution in [2.24, 2.45) is 5.84 Å². The van der Waals surface area contributed by atoms with Crippen molar-refractivity contribution in [1.29, 1.82) is 0 Å². The van der Waals surface area contributed by atoms with Crippen molar-refractivity contribution in [3.8, 4) is 0 Å². The first-order valence-corrected chi connectivity index (χ1v) is 7.28. The molecule has 0 saturated heterocycles. The van der Waals surface area contributed by atoms with Gasteiger partial charge in [-0.3, -0.25) is 11.3 Å². The van der Waals surface area contributed by atoms with Crippen molar-refractivity contribution in [2.75, 3.05) is 0 Å². The molecule has 0 aromatic heterocycles. The molecule has 2 aromatic rings. The number of hydrogen-bond donors (Lipinski definition) is 2. The molecule has 2 rings (SSSR count). The number of hydrogen-bond acceptors (Lipinski definition) is 2. The van der Waals surface area contributed by atoms with Gasteiger partial charge in [-0.1, -0.05) is 61.8 Å². The van der Waals surface area contributed by atoms with E-state index in [0.717, 1.165) is 17.0 Å². The first-order valence-electron chi connectivity index (χ1n) is 6.90. The normalized spacial score (nSPS) is 12.7. The molecule has 0 heterocycles. The maximum atomic E-state index is 5.92. The Morgan fingerprint density at radius 2 is 1.50 bits per heavy atom. The highest BCUT2D eigenvalue weighted by molar-refractivity contribution is 6.30. The van der Waals surface area contributed by atoms with E-state index < -0.39 is 0 Å². The first-order chi connectivity index (χ1) is 9.60. The van der Waals surface area contributed by atoms with Gasteiger partial charge in [0, 0.05) is 11.1 Å². The SMILES string of the molecule is CC(C)c1ccc(CC(NN)c2ccc(Cl)cc2)cc1. The second-order valence-corrected chi connectivity index (χ2v) is 5.81. The van der Waals surface area contributed by atoms with Crippen LogP contribution in [0.25, 0.3) is 0 Å². The van der Waals surface area contributed by atoms with Crippen molar-refractivity contribution in [3.63, 3.8) is 0 Å². The van der Waals surface area contributed by atoms with Gasteiger partial charge in [-0.25, -0.2) is 0 Å². The molecule has 0 amide bonds. The van der Waals surface area contributed by atoms with Crippen LogP contribution in [-0.4, -0.2) is 0 Å². The minimum Gasteiger partial charge on any atom is -0.271 e. The fourth-order valence-electron chi connectivity index (χ4n) is 2.24. The van der Waals surface area contributed by atoms with Crippen molar-refractivity contribution in [1.82, 2.24) is 5.43 Å². The van der Waals surface area contributed by atoms with Gasteiger partial charge in [0.25, 0.3) is 0 Å². The van der Waals surface area contributed by atoms with Crippen LogP contribution in [0.5, 0.6) is 0 Å². The Kier molecular flexibility index (Phi) is 5.18. The largest absolute Gasteiger partial charge is 0.271 e. The predicted molar refractivity (Wildman–Crippen MR) is 85.8 cm³/mol. The van der Waals surface area contributed by atoms with Crippen LogP contribution in [0, 0.1) is 0 Å². The second-order valence-electron chi connectivity index (χ2n) is 5.37. The van der Waals surface area contributed by atoms with Gasteiger partial charge in [0.2, 0.25) is 0 Å². The lowest BCUT2D eigenvalue weighted by Gasteiger charge is -2.17. The highest BCUT2D eigenvalue weighted by Crippen LogP contribution is 2.21. The van der Waals surface area contributed by atoms with E-state index in [4.69, 9.17) is 17.4 Å². The van der Waals surface area contributed by atoms with E-state index in [2.05, 4.69) is 43.5 Å². The topological polar surface area (TPSA) is 38.0 Å². The lowest BCUT2D eigenvalue weighted by molar-refractivity contribution is 0.552. The molecule has 0 aliphatic heterocycles. The lowest BCUT2D eigenvalue weighted by Crippen LogP contribution is -2.29. The smallest absolute Gasteiger partial charge is 0.0500 e. The molecule has 0 bridgehead atoms. The molecule has 0 aliphatic carbocycles. The van der Waals surface area contributed by atoms with Crippen LogP contribution < -0.4 is 11.3 Å². The Morgan fingerprint density at radius 3 is 2.00 bits per heavy atom. The van der Waals surface area contributed by atoms with E-state index >= 15 is 0 Å². The van der Waals surface area contributed by atoms with Crippen molar-refractivity contribution < 1.29 is 0 Å². The maximum absolute atomic E-state index is 5.92. The molecule has 2 nitrogen and oxygen atoms in total. The minimum absolute atomic E-state index is 0.0946. The molecule has 3 N–H and O–H groups in total. The van der Waals surface area contributed by atoms with E-state index in [-0.39, 0.29) is 6.04 Å². The van der Waals surface area contributed by atoms with Crippen molar-refractivity contribution in [3.05, 3.63) is 70.2 Å². The van der Waals surface area contributed by atoms with Gasteiger partial charge in [0.05, 0.1) is 0 Å². The molecule has 3 heteroatoms. The van der Waals surface area contributed by atoms with Crippen LogP contribution in [0.4, 0.5) is 0 Å². The van der Waals surface area contributed by atoms with Gasteiger partial charge in [0.1, 0.15) is 0 Å². The monoisotopic (exact) mass is 288 g/mol. The number of halogens is 1. The Hall–Kier alpha value is -1.35. The van der Waals surface area contributed by atoms with E-state index in [1.165, 1.54) is 11.1 Å². The fourth-order valence-corrected chi connectivity index (χ4v) is 2.37. The summed E-state index contributed by atoms with van der Waals surface area (Å²) in [7, 11) is 0.